The molecule has 0 saturated carbocycles. The van der Waals surface area contributed by atoms with Gasteiger partial charge in [-0.2, -0.15) is 0 Å². The number of benzene rings is 1. The summed E-state index contributed by atoms with van der Waals surface area (Å²) in [6.07, 6.45) is 3.01. The first-order valence-corrected chi connectivity index (χ1v) is 9.60. The highest BCUT2D eigenvalue weighted by Gasteiger charge is 2.15. The van der Waals surface area contributed by atoms with Crippen LogP contribution in [0.1, 0.15) is 25.2 Å². The van der Waals surface area contributed by atoms with Crippen LogP contribution in [0.15, 0.2) is 48.0 Å². The summed E-state index contributed by atoms with van der Waals surface area (Å²) in [5, 5.41) is 6.27. The Morgan fingerprint density at radius 1 is 1.08 bits per heavy atom. The minimum Gasteiger partial charge on any atom is -0.332 e. The van der Waals surface area contributed by atoms with Crippen molar-refractivity contribution in [1.82, 2.24) is 19.4 Å². The first kappa shape index (κ1) is 16.7. The summed E-state index contributed by atoms with van der Waals surface area (Å²) in [5.74, 6) is 1.31. The van der Waals surface area contributed by atoms with Crippen LogP contribution >= 0.6 is 11.3 Å². The summed E-state index contributed by atoms with van der Waals surface area (Å²) in [6, 6.07) is 12.1. The van der Waals surface area contributed by atoms with Gasteiger partial charge in [0, 0.05) is 23.0 Å². The van der Waals surface area contributed by atoms with Gasteiger partial charge >= 0.3 is 0 Å². The fourth-order valence-corrected chi connectivity index (χ4v) is 3.72. The van der Waals surface area contributed by atoms with Crippen molar-refractivity contribution < 1.29 is 0 Å². The minimum atomic E-state index is 0.575. The number of fused-ring (bicyclic) bond motifs is 1. The second-order valence-corrected chi connectivity index (χ2v) is 7.62. The lowest BCUT2D eigenvalue weighted by Gasteiger charge is -2.05. The molecule has 4 rings (SSSR count). The number of hydrogen-bond donors (Lipinski definition) is 1. The van der Waals surface area contributed by atoms with E-state index in [4.69, 9.17) is 9.97 Å². The average Bonchev–Trinajstić information content (AvgIpc) is 3.18. The van der Waals surface area contributed by atoms with Crippen LogP contribution in [0.25, 0.3) is 17.2 Å². The Kier molecular flexibility index (Phi) is 4.42. The SMILES string of the molecule is Cc1nc2nc(CC(C)C)ccn2c1-c1csc(Nc2ccccc2)n1. The number of imidazole rings is 1. The molecule has 0 bridgehead atoms. The van der Waals surface area contributed by atoms with Gasteiger partial charge in [-0.3, -0.25) is 4.40 Å². The Hall–Kier alpha value is -2.73. The molecule has 132 valence electrons. The lowest BCUT2D eigenvalue weighted by Crippen LogP contribution is -2.00. The summed E-state index contributed by atoms with van der Waals surface area (Å²) >= 11 is 1.59. The molecular weight excluding hydrogens is 342 g/mol. The number of hydrogen-bond acceptors (Lipinski definition) is 5. The average molecular weight is 363 g/mol. The summed E-state index contributed by atoms with van der Waals surface area (Å²) in [5.41, 5.74) is 4.96. The van der Waals surface area contributed by atoms with Gasteiger partial charge in [-0.25, -0.2) is 15.0 Å². The van der Waals surface area contributed by atoms with Crippen LogP contribution in [-0.4, -0.2) is 19.4 Å². The van der Waals surface area contributed by atoms with Crippen molar-refractivity contribution in [1.29, 1.82) is 0 Å². The van der Waals surface area contributed by atoms with E-state index in [0.717, 1.165) is 45.8 Å². The highest BCUT2D eigenvalue weighted by atomic mass is 32.1. The Balaban J connectivity index is 1.67. The maximum absolute atomic E-state index is 4.75. The number of nitrogens with zero attached hydrogens (tertiary/aromatic N) is 4. The maximum atomic E-state index is 4.75. The van der Waals surface area contributed by atoms with Crippen molar-refractivity contribution in [2.75, 3.05) is 5.32 Å². The zero-order chi connectivity index (χ0) is 18.1. The van der Waals surface area contributed by atoms with Crippen LogP contribution in [0.5, 0.6) is 0 Å². The first-order valence-electron chi connectivity index (χ1n) is 8.72. The second-order valence-electron chi connectivity index (χ2n) is 6.76. The topological polar surface area (TPSA) is 55.1 Å². The van der Waals surface area contributed by atoms with E-state index in [1.165, 1.54) is 0 Å². The van der Waals surface area contributed by atoms with Crippen LogP contribution in [0.2, 0.25) is 0 Å². The summed E-state index contributed by atoms with van der Waals surface area (Å²) in [6.45, 7) is 6.41. The monoisotopic (exact) mass is 363 g/mol. The van der Waals surface area contributed by atoms with E-state index in [1.807, 2.05) is 41.7 Å². The number of nitrogens with one attached hydrogen (secondary N) is 1. The fourth-order valence-electron chi connectivity index (χ4n) is 3.00. The third kappa shape index (κ3) is 3.32. The highest BCUT2D eigenvalue weighted by Crippen LogP contribution is 2.29. The molecular formula is C20H21N5S. The van der Waals surface area contributed by atoms with E-state index < -0.39 is 0 Å². The van der Waals surface area contributed by atoms with Gasteiger partial charge in [-0.05, 0) is 37.5 Å². The molecule has 6 heteroatoms. The Morgan fingerprint density at radius 3 is 2.65 bits per heavy atom. The van der Waals surface area contributed by atoms with Crippen molar-refractivity contribution in [3.63, 3.8) is 0 Å². The molecule has 0 aliphatic heterocycles. The predicted octanol–water partition coefficient (Wildman–Crippen LogP) is 5.10. The van der Waals surface area contributed by atoms with Gasteiger partial charge in [0.05, 0.1) is 11.4 Å². The van der Waals surface area contributed by atoms with E-state index >= 15 is 0 Å². The van der Waals surface area contributed by atoms with E-state index in [1.54, 1.807) is 11.3 Å². The number of aryl methyl sites for hydroxylation is 1. The molecule has 0 aliphatic carbocycles. The maximum Gasteiger partial charge on any atom is 0.234 e. The molecule has 26 heavy (non-hydrogen) atoms. The molecule has 0 radical (unpaired) electrons. The normalized spacial score (nSPS) is 11.4. The van der Waals surface area contributed by atoms with Crippen molar-refractivity contribution in [3.05, 3.63) is 59.4 Å². The summed E-state index contributed by atoms with van der Waals surface area (Å²) in [7, 11) is 0. The molecule has 0 amide bonds. The number of aromatic nitrogens is 4. The lowest BCUT2D eigenvalue weighted by molar-refractivity contribution is 0.635. The highest BCUT2D eigenvalue weighted by molar-refractivity contribution is 7.14. The number of para-hydroxylation sites is 1. The Labute approximate surface area is 156 Å². The zero-order valence-corrected chi connectivity index (χ0v) is 15.9. The third-order valence-corrected chi connectivity index (χ3v) is 4.87. The summed E-state index contributed by atoms with van der Waals surface area (Å²) < 4.78 is 2.03. The molecule has 5 nitrogen and oxygen atoms in total. The van der Waals surface area contributed by atoms with Gasteiger partial charge in [-0.1, -0.05) is 32.0 Å². The van der Waals surface area contributed by atoms with Crippen LogP contribution in [0.3, 0.4) is 0 Å². The molecule has 0 spiro atoms. The molecule has 0 unspecified atom stereocenters. The molecule has 4 aromatic rings. The first-order chi connectivity index (χ1) is 12.6. The van der Waals surface area contributed by atoms with Gasteiger partial charge < -0.3 is 5.32 Å². The fraction of sp³-hybridized carbons (Fsp3) is 0.250. The van der Waals surface area contributed by atoms with Gasteiger partial charge in [0.25, 0.3) is 0 Å². The number of rotatable bonds is 5. The van der Waals surface area contributed by atoms with E-state index in [0.29, 0.717) is 5.92 Å². The van der Waals surface area contributed by atoms with Crippen LogP contribution < -0.4 is 5.32 Å². The lowest BCUT2D eigenvalue weighted by atomic mass is 10.1. The van der Waals surface area contributed by atoms with Crippen molar-refractivity contribution in [2.45, 2.75) is 27.2 Å². The van der Waals surface area contributed by atoms with Crippen molar-refractivity contribution in [3.8, 4) is 11.4 Å². The standard InChI is InChI=1S/C20H21N5S/c1-13(2)11-16-9-10-25-18(14(3)21-19(25)22-16)17-12-26-20(24-17)23-15-7-5-4-6-8-15/h4-10,12-13H,11H2,1-3H3,(H,23,24). The van der Waals surface area contributed by atoms with Gasteiger partial charge in [0.2, 0.25) is 5.78 Å². The smallest absolute Gasteiger partial charge is 0.234 e. The third-order valence-electron chi connectivity index (χ3n) is 4.12. The van der Waals surface area contributed by atoms with Crippen molar-refractivity contribution >= 4 is 27.9 Å². The van der Waals surface area contributed by atoms with Crippen molar-refractivity contribution in [2.24, 2.45) is 5.92 Å². The number of anilines is 2. The largest absolute Gasteiger partial charge is 0.332 e. The molecule has 3 aromatic heterocycles. The predicted molar refractivity (Wildman–Crippen MR) is 107 cm³/mol. The summed E-state index contributed by atoms with van der Waals surface area (Å²) in [4.78, 5) is 14.1. The number of thiazole rings is 1. The quantitative estimate of drug-likeness (QED) is 0.536. The van der Waals surface area contributed by atoms with Crippen LogP contribution in [0, 0.1) is 12.8 Å². The molecule has 3 heterocycles. The molecule has 0 aliphatic rings. The second kappa shape index (κ2) is 6.88. The zero-order valence-electron chi connectivity index (χ0n) is 15.1. The van der Waals surface area contributed by atoms with Crippen LogP contribution in [0.4, 0.5) is 10.8 Å². The van der Waals surface area contributed by atoms with Gasteiger partial charge in [-0.15, -0.1) is 11.3 Å². The Morgan fingerprint density at radius 2 is 1.88 bits per heavy atom. The molecule has 1 aromatic carbocycles. The molecule has 0 fully saturated rings. The van der Waals surface area contributed by atoms with Gasteiger partial charge in [0.15, 0.2) is 5.13 Å². The Bertz CT molecular complexity index is 1030. The van der Waals surface area contributed by atoms with E-state index in [9.17, 15) is 0 Å². The molecule has 0 atom stereocenters. The van der Waals surface area contributed by atoms with Gasteiger partial charge in [0.1, 0.15) is 5.69 Å². The van der Waals surface area contributed by atoms with E-state index in [2.05, 4.69) is 41.8 Å². The van der Waals surface area contributed by atoms with E-state index in [-0.39, 0.29) is 0 Å². The minimum absolute atomic E-state index is 0.575. The molecule has 0 saturated heterocycles. The van der Waals surface area contributed by atoms with Crippen LogP contribution in [-0.2, 0) is 6.42 Å². The molecule has 1 N–H and O–H groups in total.